The summed E-state index contributed by atoms with van der Waals surface area (Å²) in [5, 5.41) is 4.13. The van der Waals surface area contributed by atoms with Gasteiger partial charge < -0.3 is 15.2 Å². The quantitative estimate of drug-likeness (QED) is 0.279. The Hall–Kier alpha value is -4.08. The van der Waals surface area contributed by atoms with Gasteiger partial charge >= 0.3 is 0 Å². The van der Waals surface area contributed by atoms with Crippen molar-refractivity contribution in [1.82, 2.24) is 4.57 Å². The Kier molecular flexibility index (Phi) is 4.89. The van der Waals surface area contributed by atoms with Crippen LogP contribution in [0.5, 0.6) is 0 Å². The fourth-order valence-corrected chi connectivity index (χ4v) is 7.40. The highest BCUT2D eigenvalue weighted by Crippen LogP contribution is 2.53. The lowest BCUT2D eigenvalue weighted by molar-refractivity contribution is 0.514. The first-order chi connectivity index (χ1) is 18.8. The zero-order valence-electron chi connectivity index (χ0n) is 21.5. The molecule has 0 amide bonds. The zero-order valence-corrected chi connectivity index (χ0v) is 21.5. The van der Waals surface area contributed by atoms with Crippen LogP contribution in [0.25, 0.3) is 27.4 Å². The summed E-state index contributed by atoms with van der Waals surface area (Å²) in [6.45, 7) is 0.633. The zero-order chi connectivity index (χ0) is 25.2. The maximum atomic E-state index is 6.10. The predicted molar refractivity (Wildman–Crippen MR) is 159 cm³/mol. The third kappa shape index (κ3) is 3.12. The van der Waals surface area contributed by atoms with E-state index in [1.165, 1.54) is 61.1 Å². The van der Waals surface area contributed by atoms with Gasteiger partial charge in [-0.1, -0.05) is 78.4 Å². The van der Waals surface area contributed by atoms with E-state index in [1.807, 2.05) is 0 Å². The molecule has 2 unspecified atom stereocenters. The van der Waals surface area contributed by atoms with E-state index in [0.717, 1.165) is 25.7 Å². The number of nitrogens with zero attached hydrogens (tertiary/aromatic N) is 2. The molecule has 0 saturated heterocycles. The van der Waals surface area contributed by atoms with Crippen LogP contribution in [0.3, 0.4) is 0 Å². The van der Waals surface area contributed by atoms with Crippen LogP contribution in [0.1, 0.15) is 35.6 Å². The maximum absolute atomic E-state index is 6.10. The van der Waals surface area contributed by atoms with E-state index in [1.54, 1.807) is 0 Å². The van der Waals surface area contributed by atoms with E-state index >= 15 is 0 Å². The standard InChI is InChI=1S/C35H31N3/c36-22-23-9-8-13-26(19-23)38-31-16-7-6-15-28(31)29-20-30-34(21-33(29)38)37(25-11-2-1-3-12-25)32-18-17-24-10-4-5-14-27(24)35(30)32/h1-7,10-19,30,34H,8-9,20-22,36H2. The minimum absolute atomic E-state index is 0.371. The Morgan fingerprint density at radius 2 is 1.58 bits per heavy atom. The average Bonchev–Trinajstić information content (AvgIpc) is 3.48. The first-order valence-corrected chi connectivity index (χ1v) is 13.9. The lowest BCUT2D eigenvalue weighted by Gasteiger charge is -2.35. The Morgan fingerprint density at radius 3 is 2.45 bits per heavy atom. The van der Waals surface area contributed by atoms with Crippen molar-refractivity contribution in [3.8, 4) is 0 Å². The van der Waals surface area contributed by atoms with Gasteiger partial charge in [0.2, 0.25) is 0 Å². The number of para-hydroxylation sites is 2. The second-order valence-electron chi connectivity index (χ2n) is 11.0. The first-order valence-electron chi connectivity index (χ1n) is 13.9. The van der Waals surface area contributed by atoms with Gasteiger partial charge in [0.15, 0.2) is 0 Å². The van der Waals surface area contributed by atoms with Crippen LogP contribution in [0.2, 0.25) is 0 Å². The Bertz CT molecular complexity index is 1770. The molecule has 0 spiro atoms. The summed E-state index contributed by atoms with van der Waals surface area (Å²) in [5.74, 6) is 0.443. The van der Waals surface area contributed by atoms with Crippen molar-refractivity contribution < 1.29 is 0 Å². The average molecular weight is 494 g/mol. The Balaban J connectivity index is 1.37. The van der Waals surface area contributed by atoms with Crippen LogP contribution in [-0.2, 0) is 12.8 Å². The van der Waals surface area contributed by atoms with Gasteiger partial charge in [0.1, 0.15) is 0 Å². The topological polar surface area (TPSA) is 34.2 Å². The molecule has 3 aliphatic rings. The van der Waals surface area contributed by atoms with Gasteiger partial charge in [-0.3, -0.25) is 0 Å². The molecule has 0 fully saturated rings. The molecule has 0 bridgehead atoms. The molecule has 186 valence electrons. The normalized spacial score (nSPS) is 20.2. The molecule has 0 saturated carbocycles. The number of aromatic nitrogens is 1. The lowest BCUT2D eigenvalue weighted by atomic mass is 9.79. The molecule has 1 aromatic heterocycles. The van der Waals surface area contributed by atoms with E-state index in [4.69, 9.17) is 5.73 Å². The third-order valence-electron chi connectivity index (χ3n) is 9.01. The van der Waals surface area contributed by atoms with E-state index < -0.39 is 0 Å². The van der Waals surface area contributed by atoms with Crippen LogP contribution in [-0.4, -0.2) is 17.2 Å². The van der Waals surface area contributed by atoms with Crippen LogP contribution >= 0.6 is 0 Å². The summed E-state index contributed by atoms with van der Waals surface area (Å²) in [6, 6.07) is 34.0. The number of anilines is 2. The SMILES string of the molecule is NCC1=CC(n2c3c(c4ccccc42)CC2c4c(ccc5ccccc45)N(c4ccccc4)C2C3)=CCC1. The molecule has 0 radical (unpaired) electrons. The van der Waals surface area contributed by atoms with Crippen LogP contribution in [0.4, 0.5) is 11.4 Å². The van der Waals surface area contributed by atoms with E-state index in [-0.39, 0.29) is 0 Å². The summed E-state index contributed by atoms with van der Waals surface area (Å²) in [5.41, 5.74) is 17.2. The maximum Gasteiger partial charge on any atom is 0.0534 e. The molecule has 5 aromatic rings. The molecule has 2 N–H and O–H groups in total. The molecule has 38 heavy (non-hydrogen) atoms. The van der Waals surface area contributed by atoms with Crippen LogP contribution in [0.15, 0.2) is 109 Å². The van der Waals surface area contributed by atoms with Gasteiger partial charge in [0, 0.05) is 53.1 Å². The molecule has 2 aliphatic carbocycles. The first kappa shape index (κ1) is 22.0. The Morgan fingerprint density at radius 1 is 0.789 bits per heavy atom. The molecule has 2 heterocycles. The number of fused-ring (bicyclic) bond motifs is 8. The summed E-state index contributed by atoms with van der Waals surface area (Å²) >= 11 is 0. The van der Waals surface area contributed by atoms with Crippen molar-refractivity contribution in [2.45, 2.75) is 37.6 Å². The number of hydrogen-bond donors (Lipinski definition) is 1. The minimum Gasteiger partial charge on any atom is -0.337 e. The lowest BCUT2D eigenvalue weighted by Crippen LogP contribution is -2.36. The molecule has 1 aliphatic heterocycles. The van der Waals surface area contributed by atoms with Gasteiger partial charge in [-0.25, -0.2) is 0 Å². The summed E-state index contributed by atoms with van der Waals surface area (Å²) in [7, 11) is 0. The summed E-state index contributed by atoms with van der Waals surface area (Å²) in [4.78, 5) is 2.63. The van der Waals surface area contributed by atoms with Gasteiger partial charge in [-0.2, -0.15) is 0 Å². The van der Waals surface area contributed by atoms with Gasteiger partial charge in [0.05, 0.1) is 5.52 Å². The van der Waals surface area contributed by atoms with Crippen molar-refractivity contribution in [3.05, 3.63) is 126 Å². The molecule has 3 nitrogen and oxygen atoms in total. The third-order valence-corrected chi connectivity index (χ3v) is 9.01. The van der Waals surface area contributed by atoms with E-state index in [0.29, 0.717) is 18.5 Å². The highest BCUT2D eigenvalue weighted by atomic mass is 15.2. The molecule has 3 heteroatoms. The fourth-order valence-electron chi connectivity index (χ4n) is 7.40. The largest absolute Gasteiger partial charge is 0.337 e. The van der Waals surface area contributed by atoms with E-state index in [9.17, 15) is 0 Å². The fraction of sp³-hybridized carbons (Fsp3) is 0.200. The van der Waals surface area contributed by atoms with Crippen molar-refractivity contribution >= 4 is 38.7 Å². The predicted octanol–water partition coefficient (Wildman–Crippen LogP) is 7.72. The second kappa shape index (κ2) is 8.47. The van der Waals surface area contributed by atoms with Crippen LogP contribution < -0.4 is 10.6 Å². The van der Waals surface area contributed by atoms with Crippen LogP contribution in [0, 0.1) is 0 Å². The minimum atomic E-state index is 0.371. The summed E-state index contributed by atoms with van der Waals surface area (Å²) < 4.78 is 2.56. The number of rotatable bonds is 3. The molecular weight excluding hydrogens is 462 g/mol. The highest BCUT2D eigenvalue weighted by molar-refractivity contribution is 5.96. The van der Waals surface area contributed by atoms with Gasteiger partial charge in [-0.05, 0) is 71.5 Å². The monoisotopic (exact) mass is 493 g/mol. The number of allylic oxidation sites excluding steroid dienone is 3. The Labute approximate surface area is 223 Å². The number of nitrogens with two attached hydrogens (primary N) is 1. The molecule has 2 atom stereocenters. The number of benzene rings is 4. The molecule has 8 rings (SSSR count). The smallest absolute Gasteiger partial charge is 0.0534 e. The molecular formula is C35H31N3. The second-order valence-corrected chi connectivity index (χ2v) is 11.0. The van der Waals surface area contributed by atoms with Gasteiger partial charge in [-0.15, -0.1) is 0 Å². The number of hydrogen-bond acceptors (Lipinski definition) is 2. The van der Waals surface area contributed by atoms with Crippen molar-refractivity contribution in [1.29, 1.82) is 0 Å². The molecule has 4 aromatic carbocycles. The van der Waals surface area contributed by atoms with Crippen molar-refractivity contribution in [2.24, 2.45) is 5.73 Å². The highest BCUT2D eigenvalue weighted by Gasteiger charge is 2.44. The van der Waals surface area contributed by atoms with Crippen molar-refractivity contribution in [3.63, 3.8) is 0 Å². The van der Waals surface area contributed by atoms with Crippen molar-refractivity contribution in [2.75, 3.05) is 11.4 Å². The van der Waals surface area contributed by atoms with E-state index in [2.05, 4.69) is 113 Å². The summed E-state index contributed by atoms with van der Waals surface area (Å²) in [6.07, 6.45) is 8.93. The van der Waals surface area contributed by atoms with Gasteiger partial charge in [0.25, 0.3) is 0 Å².